The van der Waals surface area contributed by atoms with E-state index in [2.05, 4.69) is 6.07 Å². The number of methoxy groups -OCH3 is 2. The number of hydrogen-bond acceptors (Lipinski definition) is 8. The zero-order valence-corrected chi connectivity index (χ0v) is 19.3. The molecule has 0 saturated heterocycles. The van der Waals surface area contributed by atoms with Crippen LogP contribution in [0.2, 0.25) is 0 Å². The zero-order valence-electron chi connectivity index (χ0n) is 18.5. The van der Waals surface area contributed by atoms with Crippen LogP contribution in [0.25, 0.3) is 10.4 Å². The number of carbonyl (C=O) groups excluding carboxylic acids is 2. The van der Waals surface area contributed by atoms with E-state index in [9.17, 15) is 14.9 Å². The van der Waals surface area contributed by atoms with Gasteiger partial charge in [-0.3, -0.25) is 4.90 Å². The van der Waals surface area contributed by atoms with Gasteiger partial charge in [0, 0.05) is 10.6 Å². The summed E-state index contributed by atoms with van der Waals surface area (Å²) in [4.78, 5) is 28.6. The van der Waals surface area contributed by atoms with Gasteiger partial charge in [-0.15, -0.1) is 11.3 Å². The van der Waals surface area contributed by atoms with E-state index in [0.29, 0.717) is 11.3 Å². The molecule has 0 saturated carbocycles. The van der Waals surface area contributed by atoms with Gasteiger partial charge >= 0.3 is 11.9 Å². The Kier molecular flexibility index (Phi) is 6.48. The molecule has 1 aliphatic heterocycles. The zero-order chi connectivity index (χ0) is 24.2. The SMILES string of the molecule is COC(=O)C1=C(C(=O)OC)N(c2cccc(-c3cccs3)c2)C(N)=C(C#N)C1c1ccccc1. The molecule has 0 aliphatic carbocycles. The lowest BCUT2D eigenvalue weighted by molar-refractivity contribution is -0.139. The van der Waals surface area contributed by atoms with Crippen molar-refractivity contribution in [2.24, 2.45) is 5.73 Å². The number of hydrogen-bond donors (Lipinski definition) is 1. The number of anilines is 1. The molecule has 170 valence electrons. The van der Waals surface area contributed by atoms with Gasteiger partial charge in [-0.1, -0.05) is 48.5 Å². The van der Waals surface area contributed by atoms with Crippen LogP contribution < -0.4 is 10.6 Å². The largest absolute Gasteiger partial charge is 0.466 e. The van der Waals surface area contributed by atoms with Crippen molar-refractivity contribution in [3.8, 4) is 16.5 Å². The third-order valence-electron chi connectivity index (χ3n) is 5.52. The summed E-state index contributed by atoms with van der Waals surface area (Å²) in [5.74, 6) is -2.39. The van der Waals surface area contributed by atoms with Gasteiger partial charge in [0.1, 0.15) is 11.5 Å². The lowest BCUT2D eigenvalue weighted by Gasteiger charge is -2.36. The molecular formula is C26H21N3O4S. The highest BCUT2D eigenvalue weighted by Gasteiger charge is 2.43. The number of benzene rings is 2. The molecule has 3 aromatic rings. The molecule has 0 spiro atoms. The van der Waals surface area contributed by atoms with Crippen molar-refractivity contribution in [2.45, 2.75) is 5.92 Å². The first-order valence-corrected chi connectivity index (χ1v) is 11.2. The van der Waals surface area contributed by atoms with Crippen molar-refractivity contribution in [3.63, 3.8) is 0 Å². The van der Waals surface area contributed by atoms with Crippen LogP contribution in [-0.2, 0) is 19.1 Å². The van der Waals surface area contributed by atoms with E-state index < -0.39 is 17.9 Å². The number of rotatable bonds is 5. The molecule has 1 aliphatic rings. The minimum absolute atomic E-state index is 0.0205. The first kappa shape index (κ1) is 22.8. The second kappa shape index (κ2) is 9.65. The predicted octanol–water partition coefficient (Wildman–Crippen LogP) is 4.31. The predicted molar refractivity (Wildman–Crippen MR) is 129 cm³/mol. The third-order valence-corrected chi connectivity index (χ3v) is 6.44. The highest BCUT2D eigenvalue weighted by molar-refractivity contribution is 7.13. The van der Waals surface area contributed by atoms with E-state index >= 15 is 0 Å². The first-order chi connectivity index (χ1) is 16.5. The fourth-order valence-electron chi connectivity index (χ4n) is 4.02. The average Bonchev–Trinajstić information content (AvgIpc) is 3.42. The van der Waals surface area contributed by atoms with Gasteiger partial charge in [-0.25, -0.2) is 9.59 Å². The second-order valence-electron chi connectivity index (χ2n) is 7.36. The quantitative estimate of drug-likeness (QED) is 0.553. The van der Waals surface area contributed by atoms with Crippen LogP contribution in [0.15, 0.2) is 94.8 Å². The number of ether oxygens (including phenoxy) is 2. The molecule has 0 bridgehead atoms. The summed E-state index contributed by atoms with van der Waals surface area (Å²) in [5, 5.41) is 12.1. The van der Waals surface area contributed by atoms with E-state index in [1.807, 2.05) is 41.8 Å². The van der Waals surface area contributed by atoms with Crippen molar-refractivity contribution >= 4 is 29.0 Å². The molecule has 8 heteroatoms. The van der Waals surface area contributed by atoms with E-state index in [1.54, 1.807) is 41.7 Å². The molecule has 0 fully saturated rings. The maximum absolute atomic E-state index is 13.1. The Morgan fingerprint density at radius 3 is 2.35 bits per heavy atom. The highest BCUT2D eigenvalue weighted by Crippen LogP contribution is 2.43. The molecule has 2 aromatic carbocycles. The summed E-state index contributed by atoms with van der Waals surface area (Å²) in [6, 6.07) is 22.3. The molecule has 1 atom stereocenters. The number of nitriles is 1. The van der Waals surface area contributed by atoms with Gasteiger partial charge in [0.15, 0.2) is 0 Å². The van der Waals surface area contributed by atoms with Crippen LogP contribution in [0.3, 0.4) is 0 Å². The lowest BCUT2D eigenvalue weighted by atomic mass is 9.81. The Labute approximate surface area is 200 Å². The fraction of sp³-hybridized carbons (Fsp3) is 0.115. The number of nitrogens with two attached hydrogens (primary N) is 1. The number of esters is 2. The van der Waals surface area contributed by atoms with Gasteiger partial charge in [-0.05, 0) is 34.7 Å². The summed E-state index contributed by atoms with van der Waals surface area (Å²) in [6.45, 7) is 0. The van der Waals surface area contributed by atoms with Crippen molar-refractivity contribution in [1.82, 2.24) is 0 Å². The number of carbonyl (C=O) groups is 2. The fourth-order valence-corrected chi connectivity index (χ4v) is 4.75. The lowest BCUT2D eigenvalue weighted by Crippen LogP contribution is -2.40. The van der Waals surface area contributed by atoms with Crippen molar-refractivity contribution in [1.29, 1.82) is 5.26 Å². The molecule has 34 heavy (non-hydrogen) atoms. The molecule has 1 aromatic heterocycles. The Morgan fingerprint density at radius 2 is 1.74 bits per heavy atom. The number of nitrogens with zero attached hydrogens (tertiary/aromatic N) is 2. The number of allylic oxidation sites excluding steroid dienone is 1. The van der Waals surface area contributed by atoms with Crippen LogP contribution in [0.1, 0.15) is 11.5 Å². The smallest absolute Gasteiger partial charge is 0.355 e. The molecule has 7 nitrogen and oxygen atoms in total. The first-order valence-electron chi connectivity index (χ1n) is 10.3. The van der Waals surface area contributed by atoms with Crippen molar-refractivity contribution < 1.29 is 19.1 Å². The summed E-state index contributed by atoms with van der Waals surface area (Å²) in [6.07, 6.45) is 0. The molecule has 1 unspecified atom stereocenters. The maximum atomic E-state index is 13.1. The van der Waals surface area contributed by atoms with Gasteiger partial charge in [-0.2, -0.15) is 5.26 Å². The summed E-state index contributed by atoms with van der Waals surface area (Å²) in [7, 11) is 2.45. The average molecular weight is 472 g/mol. The standard InChI is InChI=1S/C26H21N3O4S/c1-32-25(30)22-21(16-8-4-3-5-9-16)19(15-27)24(28)29(23(22)26(31)33-2)18-11-6-10-17(14-18)20-12-7-13-34-20/h3-14,21H,28H2,1-2H3. The van der Waals surface area contributed by atoms with E-state index in [0.717, 1.165) is 10.4 Å². The number of thiophene rings is 1. The Bertz CT molecular complexity index is 1340. The Balaban J connectivity index is 2.02. The van der Waals surface area contributed by atoms with E-state index in [1.165, 1.54) is 19.1 Å². The topological polar surface area (TPSA) is 106 Å². The van der Waals surface area contributed by atoms with Crippen molar-refractivity contribution in [2.75, 3.05) is 19.1 Å². The Hall–Kier alpha value is -4.35. The van der Waals surface area contributed by atoms with E-state index in [4.69, 9.17) is 15.2 Å². The molecule has 4 rings (SSSR count). The summed E-state index contributed by atoms with van der Waals surface area (Å²) < 4.78 is 10.1. The van der Waals surface area contributed by atoms with Crippen LogP contribution in [0.5, 0.6) is 0 Å². The highest BCUT2D eigenvalue weighted by atomic mass is 32.1. The molecule has 2 heterocycles. The molecule has 2 N–H and O–H groups in total. The van der Waals surface area contributed by atoms with Crippen LogP contribution >= 0.6 is 11.3 Å². The van der Waals surface area contributed by atoms with Gasteiger partial charge in [0.05, 0.1) is 37.4 Å². The van der Waals surface area contributed by atoms with E-state index in [-0.39, 0.29) is 22.7 Å². The molecule has 0 radical (unpaired) electrons. The van der Waals surface area contributed by atoms with Gasteiger partial charge in [0.25, 0.3) is 0 Å². The van der Waals surface area contributed by atoms with Crippen molar-refractivity contribution in [3.05, 3.63) is 100 Å². The maximum Gasteiger partial charge on any atom is 0.355 e. The molecule has 0 amide bonds. The summed E-state index contributed by atoms with van der Waals surface area (Å²) in [5.41, 5.74) is 8.57. The minimum Gasteiger partial charge on any atom is -0.466 e. The van der Waals surface area contributed by atoms with Gasteiger partial charge in [0.2, 0.25) is 0 Å². The Morgan fingerprint density at radius 1 is 1.00 bits per heavy atom. The van der Waals surface area contributed by atoms with Gasteiger partial charge < -0.3 is 15.2 Å². The second-order valence-corrected chi connectivity index (χ2v) is 8.31. The normalized spacial score (nSPS) is 15.7. The summed E-state index contributed by atoms with van der Waals surface area (Å²) >= 11 is 1.56. The minimum atomic E-state index is -0.899. The van der Waals surface area contributed by atoms with Crippen LogP contribution in [-0.4, -0.2) is 26.2 Å². The molecular weight excluding hydrogens is 450 g/mol. The third kappa shape index (κ3) is 3.93. The van der Waals surface area contributed by atoms with Crippen LogP contribution in [0.4, 0.5) is 5.69 Å². The monoisotopic (exact) mass is 471 g/mol. The van der Waals surface area contributed by atoms with Crippen LogP contribution in [0, 0.1) is 11.3 Å².